The molecule has 5 nitrogen and oxygen atoms in total. The Morgan fingerprint density at radius 1 is 0.761 bits per heavy atom. The number of para-hydroxylation sites is 3. The Kier molecular flexibility index (Phi) is 5.86. The van der Waals surface area contributed by atoms with Gasteiger partial charge in [-0.15, -0.1) is 11.3 Å². The van der Waals surface area contributed by atoms with Gasteiger partial charge in [0.15, 0.2) is 0 Å². The molecule has 222 valence electrons. The number of anilines is 3. The zero-order chi connectivity index (χ0) is 31.0. The van der Waals surface area contributed by atoms with Crippen LogP contribution < -0.4 is 9.64 Å². The van der Waals surface area contributed by atoms with Gasteiger partial charge in [0, 0.05) is 56.0 Å². The molecule has 46 heavy (non-hydrogen) atoms. The summed E-state index contributed by atoms with van der Waals surface area (Å²) in [4.78, 5) is 12.1. The maximum atomic E-state index is 6.96. The van der Waals surface area contributed by atoms with Gasteiger partial charge in [-0.05, 0) is 54.1 Å². The number of thiophene rings is 1. The van der Waals surface area contributed by atoms with Crippen LogP contribution in [0.15, 0.2) is 128 Å². The van der Waals surface area contributed by atoms with Crippen molar-refractivity contribution < 1.29 is 4.74 Å². The molecule has 0 bridgehead atoms. The maximum absolute atomic E-state index is 6.96. The number of rotatable bonds is 4. The van der Waals surface area contributed by atoms with E-state index >= 15 is 0 Å². The normalized spacial score (nSPS) is 13.7. The molecule has 8 aromatic rings. The summed E-state index contributed by atoms with van der Waals surface area (Å²) in [5.41, 5.74) is 7.61. The molecule has 0 spiro atoms. The Morgan fingerprint density at radius 3 is 2.43 bits per heavy atom. The highest BCUT2D eigenvalue weighted by molar-refractivity contribution is 7.26. The third-order valence-electron chi connectivity index (χ3n) is 9.26. The molecule has 0 unspecified atom stereocenters. The molecule has 9 rings (SSSR count). The standard InChI is InChI=1S/C40H30N4OS/c1-40(2)28-16-5-7-18-30(28)44(35-21-10-11-22-41-35)32-24-33(36-27-15-4-9-20-34(27)46-38(36)37(32)40)45-26-14-12-13-25(23-26)39-42-29-17-6-8-19-31(29)43(39)3/h4-24H,1-3H3. The van der Waals surface area contributed by atoms with Crippen LogP contribution in [0.4, 0.5) is 17.2 Å². The molecule has 5 aromatic carbocycles. The van der Waals surface area contributed by atoms with Crippen LogP contribution in [0.3, 0.4) is 0 Å². The number of nitrogens with zero attached hydrogens (tertiary/aromatic N) is 4. The number of hydrogen-bond donors (Lipinski definition) is 0. The van der Waals surface area contributed by atoms with Crippen LogP contribution in [0.2, 0.25) is 0 Å². The lowest BCUT2D eigenvalue weighted by Crippen LogP contribution is -2.31. The molecule has 0 atom stereocenters. The first-order chi connectivity index (χ1) is 22.5. The number of aryl methyl sites for hydroxylation is 1. The Hall–Kier alpha value is -5.46. The molecule has 1 aliphatic heterocycles. The Bertz CT molecular complexity index is 2460. The number of fused-ring (bicyclic) bond motifs is 7. The van der Waals surface area contributed by atoms with Gasteiger partial charge in [-0.25, -0.2) is 9.97 Å². The summed E-state index contributed by atoms with van der Waals surface area (Å²) >= 11 is 1.84. The van der Waals surface area contributed by atoms with Crippen LogP contribution in [0.25, 0.3) is 42.6 Å². The second-order valence-electron chi connectivity index (χ2n) is 12.3. The molecule has 6 heteroatoms. The smallest absolute Gasteiger partial charge is 0.140 e. The average molecular weight is 615 g/mol. The highest BCUT2D eigenvalue weighted by Gasteiger charge is 2.40. The van der Waals surface area contributed by atoms with Crippen molar-refractivity contribution in [1.29, 1.82) is 0 Å². The van der Waals surface area contributed by atoms with E-state index in [4.69, 9.17) is 14.7 Å². The Balaban J connectivity index is 1.29. The molecular weight excluding hydrogens is 585 g/mol. The third kappa shape index (κ3) is 3.93. The molecule has 0 saturated heterocycles. The molecule has 0 amide bonds. The van der Waals surface area contributed by atoms with Gasteiger partial charge in [-0.2, -0.15) is 0 Å². The van der Waals surface area contributed by atoms with E-state index < -0.39 is 0 Å². The van der Waals surface area contributed by atoms with Crippen LogP contribution in [-0.4, -0.2) is 14.5 Å². The first-order valence-electron chi connectivity index (χ1n) is 15.5. The Labute approximate surface area is 271 Å². The molecule has 0 N–H and O–H groups in total. The minimum Gasteiger partial charge on any atom is -0.457 e. The van der Waals surface area contributed by atoms with Crippen molar-refractivity contribution in [2.45, 2.75) is 19.3 Å². The van der Waals surface area contributed by atoms with Gasteiger partial charge in [0.1, 0.15) is 23.1 Å². The summed E-state index contributed by atoms with van der Waals surface area (Å²) < 4.78 is 11.6. The summed E-state index contributed by atoms with van der Waals surface area (Å²) in [7, 11) is 2.06. The fourth-order valence-corrected chi connectivity index (χ4v) is 8.56. The van der Waals surface area contributed by atoms with Crippen LogP contribution in [0.1, 0.15) is 25.0 Å². The average Bonchev–Trinajstić information content (AvgIpc) is 3.63. The minimum atomic E-state index is -0.255. The SMILES string of the molecule is Cn1c(-c2cccc(Oc3cc4c(c5sc6ccccc6c35)C(C)(C)c3ccccc3N4c3ccccn3)c2)nc2ccccc21. The highest BCUT2D eigenvalue weighted by atomic mass is 32.1. The van der Waals surface area contributed by atoms with Gasteiger partial charge in [-0.3, -0.25) is 4.90 Å². The van der Waals surface area contributed by atoms with E-state index in [1.807, 2.05) is 53.9 Å². The first-order valence-corrected chi connectivity index (χ1v) is 16.3. The second-order valence-corrected chi connectivity index (χ2v) is 13.4. The van der Waals surface area contributed by atoms with Gasteiger partial charge < -0.3 is 9.30 Å². The summed E-state index contributed by atoms with van der Waals surface area (Å²) in [5.74, 6) is 3.37. The largest absolute Gasteiger partial charge is 0.457 e. The van der Waals surface area contributed by atoms with Crippen LogP contribution in [0, 0.1) is 0 Å². The van der Waals surface area contributed by atoms with E-state index in [-0.39, 0.29) is 5.41 Å². The van der Waals surface area contributed by atoms with Crippen LogP contribution in [-0.2, 0) is 12.5 Å². The summed E-state index contributed by atoms with van der Waals surface area (Å²) in [6.45, 7) is 4.68. The highest BCUT2D eigenvalue weighted by Crippen LogP contribution is 2.57. The predicted octanol–water partition coefficient (Wildman–Crippen LogP) is 10.9. The van der Waals surface area contributed by atoms with Crippen molar-refractivity contribution in [2.24, 2.45) is 7.05 Å². The molecule has 0 aliphatic carbocycles. The number of pyridine rings is 1. The molecule has 3 aromatic heterocycles. The van der Waals surface area contributed by atoms with Crippen molar-refractivity contribution in [3.05, 3.63) is 139 Å². The number of aromatic nitrogens is 3. The fraction of sp³-hybridized carbons (Fsp3) is 0.100. The van der Waals surface area contributed by atoms with E-state index in [1.165, 1.54) is 25.9 Å². The number of ether oxygens (including phenoxy) is 1. The molecule has 1 aliphatic rings. The van der Waals surface area contributed by atoms with Crippen molar-refractivity contribution in [3.63, 3.8) is 0 Å². The van der Waals surface area contributed by atoms with Gasteiger partial charge in [0.05, 0.1) is 22.4 Å². The zero-order valence-corrected chi connectivity index (χ0v) is 26.5. The number of benzene rings is 5. The van der Waals surface area contributed by atoms with Crippen LogP contribution >= 0.6 is 11.3 Å². The molecular formula is C40H30N4OS. The van der Waals surface area contributed by atoms with Crippen molar-refractivity contribution in [1.82, 2.24) is 14.5 Å². The molecule has 4 heterocycles. The lowest BCUT2D eigenvalue weighted by Gasteiger charge is -2.42. The van der Waals surface area contributed by atoms with Crippen LogP contribution in [0.5, 0.6) is 11.5 Å². The van der Waals surface area contributed by atoms with Crippen molar-refractivity contribution in [2.75, 3.05) is 4.90 Å². The van der Waals surface area contributed by atoms with E-state index in [9.17, 15) is 0 Å². The number of hydrogen-bond acceptors (Lipinski definition) is 5. The number of imidazole rings is 1. The van der Waals surface area contributed by atoms with E-state index in [0.717, 1.165) is 56.5 Å². The lowest BCUT2D eigenvalue weighted by molar-refractivity contribution is 0.488. The van der Waals surface area contributed by atoms with Crippen molar-refractivity contribution in [3.8, 4) is 22.9 Å². The van der Waals surface area contributed by atoms with E-state index in [1.54, 1.807) is 0 Å². The zero-order valence-electron chi connectivity index (χ0n) is 25.7. The minimum absolute atomic E-state index is 0.255. The van der Waals surface area contributed by atoms with Gasteiger partial charge in [0.2, 0.25) is 0 Å². The lowest BCUT2D eigenvalue weighted by atomic mass is 9.73. The summed E-state index contributed by atoms with van der Waals surface area (Å²) in [6.07, 6.45) is 1.86. The van der Waals surface area contributed by atoms with Crippen molar-refractivity contribution >= 4 is 59.7 Å². The Morgan fingerprint density at radius 2 is 1.57 bits per heavy atom. The fourth-order valence-electron chi connectivity index (χ4n) is 7.14. The molecule has 0 radical (unpaired) electrons. The summed E-state index contributed by atoms with van der Waals surface area (Å²) in [6, 6.07) is 42.2. The topological polar surface area (TPSA) is 43.2 Å². The monoisotopic (exact) mass is 614 g/mol. The quantitative estimate of drug-likeness (QED) is 0.198. The van der Waals surface area contributed by atoms with E-state index in [2.05, 4.69) is 115 Å². The maximum Gasteiger partial charge on any atom is 0.140 e. The predicted molar refractivity (Wildman–Crippen MR) is 190 cm³/mol. The third-order valence-corrected chi connectivity index (χ3v) is 10.5. The molecule has 0 saturated carbocycles. The van der Waals surface area contributed by atoms with Gasteiger partial charge >= 0.3 is 0 Å². The molecule has 0 fully saturated rings. The first kappa shape index (κ1) is 26.9. The van der Waals surface area contributed by atoms with Gasteiger partial charge in [0.25, 0.3) is 0 Å². The summed E-state index contributed by atoms with van der Waals surface area (Å²) in [5, 5.41) is 2.34. The van der Waals surface area contributed by atoms with Gasteiger partial charge in [-0.1, -0.05) is 80.6 Å². The second kappa shape index (κ2) is 10.0. The van der Waals surface area contributed by atoms with E-state index in [0.29, 0.717) is 0 Å².